The molecule has 0 saturated carbocycles. The predicted octanol–water partition coefficient (Wildman–Crippen LogP) is 3.32. The zero-order valence-electron chi connectivity index (χ0n) is 7.17. The monoisotopic (exact) mass is 267 g/mol. The maximum Gasteiger partial charge on any atom is 0.300 e. The Morgan fingerprint density at radius 3 is 2.47 bits per heavy atom. The van der Waals surface area contributed by atoms with Crippen LogP contribution in [0.4, 0.5) is 5.69 Å². The molecule has 0 fully saturated rings. The van der Waals surface area contributed by atoms with E-state index in [4.69, 9.17) is 34.8 Å². The lowest BCUT2D eigenvalue weighted by molar-refractivity contribution is -0.384. The quantitative estimate of drug-likeness (QED) is 0.366. The van der Waals surface area contributed by atoms with E-state index in [9.17, 15) is 14.9 Å². The van der Waals surface area contributed by atoms with Crippen molar-refractivity contribution in [3.63, 3.8) is 0 Å². The molecule has 0 aromatic heterocycles. The molecule has 0 aliphatic carbocycles. The molecule has 4 nitrogen and oxygen atoms in total. The number of nitro benzene ring substituents is 1. The highest BCUT2D eigenvalue weighted by Gasteiger charge is 2.25. The number of nitro groups is 1. The van der Waals surface area contributed by atoms with Crippen LogP contribution in [0.5, 0.6) is 0 Å². The number of ketones is 1. The van der Waals surface area contributed by atoms with Crippen LogP contribution in [0.3, 0.4) is 0 Å². The maximum atomic E-state index is 11.3. The van der Waals surface area contributed by atoms with Crippen LogP contribution in [0.1, 0.15) is 10.4 Å². The standard InChI is InChI=1S/C8H4Cl3NO3/c9-3-6(13)4-1-2-5(10)7(11)8(4)12(14)15/h1-2H,3H2. The molecular weight excluding hydrogens is 264 g/mol. The van der Waals surface area contributed by atoms with Crippen molar-refractivity contribution in [1.29, 1.82) is 0 Å². The molecule has 0 saturated heterocycles. The van der Waals surface area contributed by atoms with Crippen LogP contribution in [0, 0.1) is 10.1 Å². The number of alkyl halides is 1. The number of hydrogen-bond acceptors (Lipinski definition) is 3. The molecule has 1 aromatic carbocycles. The van der Waals surface area contributed by atoms with Gasteiger partial charge in [0, 0.05) is 0 Å². The van der Waals surface area contributed by atoms with Gasteiger partial charge in [0.1, 0.15) is 5.02 Å². The highest BCUT2D eigenvalue weighted by Crippen LogP contribution is 2.34. The van der Waals surface area contributed by atoms with E-state index in [1.54, 1.807) is 0 Å². The molecular formula is C8H4Cl3NO3. The number of benzene rings is 1. The maximum absolute atomic E-state index is 11.3. The zero-order chi connectivity index (χ0) is 11.6. The average Bonchev–Trinajstić information content (AvgIpc) is 2.20. The second kappa shape index (κ2) is 4.79. The van der Waals surface area contributed by atoms with Gasteiger partial charge in [-0.25, -0.2) is 0 Å². The van der Waals surface area contributed by atoms with Crippen molar-refractivity contribution in [1.82, 2.24) is 0 Å². The van der Waals surface area contributed by atoms with E-state index >= 15 is 0 Å². The van der Waals surface area contributed by atoms with Crippen molar-refractivity contribution < 1.29 is 9.72 Å². The number of nitrogens with zero attached hydrogens (tertiary/aromatic N) is 1. The van der Waals surface area contributed by atoms with Gasteiger partial charge in [0.2, 0.25) is 0 Å². The Kier molecular flexibility index (Phi) is 3.90. The van der Waals surface area contributed by atoms with Gasteiger partial charge < -0.3 is 0 Å². The van der Waals surface area contributed by atoms with E-state index in [-0.39, 0.29) is 21.5 Å². The largest absolute Gasteiger partial charge is 0.300 e. The summed E-state index contributed by atoms with van der Waals surface area (Å²) >= 11 is 16.5. The second-order valence-corrected chi connectivity index (χ2v) is 3.62. The normalized spacial score (nSPS) is 10.1. The summed E-state index contributed by atoms with van der Waals surface area (Å²) in [6.45, 7) is 0. The molecule has 1 rings (SSSR count). The molecule has 0 N–H and O–H groups in total. The molecule has 15 heavy (non-hydrogen) atoms. The summed E-state index contributed by atoms with van der Waals surface area (Å²) in [5.41, 5.74) is -0.640. The average molecular weight is 268 g/mol. The van der Waals surface area contributed by atoms with Gasteiger partial charge in [0.05, 0.1) is 21.4 Å². The first kappa shape index (κ1) is 12.2. The summed E-state index contributed by atoms with van der Waals surface area (Å²) in [5, 5.41) is 10.5. The van der Waals surface area contributed by atoms with E-state index in [0.717, 1.165) is 0 Å². The van der Waals surface area contributed by atoms with Crippen LogP contribution in [-0.2, 0) is 0 Å². The Balaban J connectivity index is 3.46. The van der Waals surface area contributed by atoms with Crippen LogP contribution in [0.2, 0.25) is 10.0 Å². The van der Waals surface area contributed by atoms with Gasteiger partial charge in [-0.2, -0.15) is 0 Å². The molecule has 0 bridgehead atoms. The SMILES string of the molecule is O=C(CCl)c1ccc(Cl)c(Cl)c1[N+](=O)[O-]. The summed E-state index contributed by atoms with van der Waals surface area (Å²) in [6, 6.07) is 2.55. The number of carbonyl (C=O) groups excluding carboxylic acids is 1. The van der Waals surface area contributed by atoms with Crippen LogP contribution in [0.25, 0.3) is 0 Å². The summed E-state index contributed by atoms with van der Waals surface area (Å²) in [7, 11) is 0. The van der Waals surface area contributed by atoms with Crippen molar-refractivity contribution in [2.75, 3.05) is 5.88 Å². The van der Waals surface area contributed by atoms with E-state index < -0.39 is 16.4 Å². The van der Waals surface area contributed by atoms with Gasteiger partial charge in [-0.3, -0.25) is 14.9 Å². The van der Waals surface area contributed by atoms with E-state index in [0.29, 0.717) is 0 Å². The Labute approximate surface area is 99.9 Å². The molecule has 0 amide bonds. The van der Waals surface area contributed by atoms with E-state index in [1.807, 2.05) is 0 Å². The number of carbonyl (C=O) groups is 1. The van der Waals surface area contributed by atoms with Gasteiger partial charge in [-0.1, -0.05) is 23.2 Å². The Bertz CT molecular complexity index is 433. The fraction of sp³-hybridized carbons (Fsp3) is 0.125. The van der Waals surface area contributed by atoms with Gasteiger partial charge >= 0.3 is 0 Å². The second-order valence-electron chi connectivity index (χ2n) is 2.57. The van der Waals surface area contributed by atoms with Crippen LogP contribution in [-0.4, -0.2) is 16.6 Å². The third-order valence-corrected chi connectivity index (χ3v) is 2.71. The molecule has 0 aliphatic rings. The summed E-state index contributed by atoms with van der Waals surface area (Å²) in [6.07, 6.45) is 0. The first-order chi connectivity index (χ1) is 6.99. The van der Waals surface area contributed by atoms with E-state index in [2.05, 4.69) is 0 Å². The molecule has 0 spiro atoms. The lowest BCUT2D eigenvalue weighted by Crippen LogP contribution is -2.05. The minimum atomic E-state index is -0.756. The summed E-state index contributed by atoms with van der Waals surface area (Å²) < 4.78 is 0. The van der Waals surface area contributed by atoms with Gasteiger partial charge in [-0.15, -0.1) is 11.6 Å². The van der Waals surface area contributed by atoms with Crippen molar-refractivity contribution in [3.05, 3.63) is 37.9 Å². The summed E-state index contributed by atoms with van der Waals surface area (Å²) in [4.78, 5) is 21.2. The third-order valence-electron chi connectivity index (χ3n) is 1.67. The summed E-state index contributed by atoms with van der Waals surface area (Å²) in [5.74, 6) is -0.916. The van der Waals surface area contributed by atoms with Gasteiger partial charge in [0.15, 0.2) is 5.78 Å². The lowest BCUT2D eigenvalue weighted by Gasteiger charge is -2.02. The Morgan fingerprint density at radius 1 is 1.40 bits per heavy atom. The number of halogens is 3. The van der Waals surface area contributed by atoms with Crippen LogP contribution < -0.4 is 0 Å². The van der Waals surface area contributed by atoms with Crippen molar-refractivity contribution in [2.45, 2.75) is 0 Å². The molecule has 1 aromatic rings. The van der Waals surface area contributed by atoms with Gasteiger partial charge in [-0.05, 0) is 12.1 Å². The predicted molar refractivity (Wildman–Crippen MR) is 58.2 cm³/mol. The first-order valence-corrected chi connectivity index (χ1v) is 4.99. The van der Waals surface area contributed by atoms with Gasteiger partial charge in [0.25, 0.3) is 5.69 Å². The first-order valence-electron chi connectivity index (χ1n) is 3.70. The molecule has 0 radical (unpaired) electrons. The van der Waals surface area contributed by atoms with Crippen LogP contribution >= 0.6 is 34.8 Å². The fourth-order valence-corrected chi connectivity index (χ4v) is 1.55. The zero-order valence-corrected chi connectivity index (χ0v) is 9.44. The fourth-order valence-electron chi connectivity index (χ4n) is 1.02. The molecule has 7 heteroatoms. The van der Waals surface area contributed by atoms with Crippen LogP contribution in [0.15, 0.2) is 12.1 Å². The topological polar surface area (TPSA) is 60.2 Å². The minimum Gasteiger partial charge on any atom is -0.293 e. The van der Waals surface area contributed by atoms with Crippen molar-refractivity contribution >= 4 is 46.3 Å². The molecule has 0 aliphatic heterocycles. The van der Waals surface area contributed by atoms with Crippen molar-refractivity contribution in [3.8, 4) is 0 Å². The number of Topliss-reactive ketones (excluding diaryl/α,β-unsaturated/α-hetero) is 1. The molecule has 80 valence electrons. The Hall–Kier alpha value is -0.840. The third kappa shape index (κ3) is 2.40. The minimum absolute atomic E-state index is 0.0227. The van der Waals surface area contributed by atoms with E-state index in [1.165, 1.54) is 12.1 Å². The smallest absolute Gasteiger partial charge is 0.293 e. The molecule has 0 atom stereocenters. The highest BCUT2D eigenvalue weighted by atomic mass is 35.5. The number of hydrogen-bond donors (Lipinski definition) is 0. The Morgan fingerprint density at radius 2 is 2.00 bits per heavy atom. The molecule has 0 unspecified atom stereocenters. The highest BCUT2D eigenvalue weighted by molar-refractivity contribution is 6.44. The lowest BCUT2D eigenvalue weighted by atomic mass is 10.1. The van der Waals surface area contributed by atoms with Crippen molar-refractivity contribution in [2.24, 2.45) is 0 Å². The number of rotatable bonds is 3. The molecule has 0 heterocycles.